The minimum atomic E-state index is -4.74. The number of hydrogen-bond acceptors (Lipinski definition) is 4. The van der Waals surface area contributed by atoms with Gasteiger partial charge in [0.2, 0.25) is 5.91 Å². The molecule has 1 aliphatic carbocycles. The Morgan fingerprint density at radius 1 is 1.29 bits per heavy atom. The molecule has 0 spiro atoms. The van der Waals surface area contributed by atoms with Crippen molar-refractivity contribution in [1.82, 2.24) is 0 Å². The molecule has 1 aromatic rings. The van der Waals surface area contributed by atoms with Crippen LogP contribution in [0.2, 0.25) is 0 Å². The largest absolute Gasteiger partial charge is 0.403 e. The molecule has 11 heteroatoms. The van der Waals surface area contributed by atoms with Gasteiger partial charge in [0.1, 0.15) is 30.3 Å². The van der Waals surface area contributed by atoms with Gasteiger partial charge in [-0.05, 0) is 38.0 Å². The zero-order valence-electron chi connectivity index (χ0n) is 14.7. The summed E-state index contributed by atoms with van der Waals surface area (Å²) in [6, 6.07) is 2.61. The summed E-state index contributed by atoms with van der Waals surface area (Å²) in [5.74, 6) is -6.35. The minimum absolute atomic E-state index is 0.257. The standard InChI is InChI=1S/C17H17F6N3O2/c1-14(16(19,20)8-28-7-12(24)26-14)10-6-9(2-3-11(10)18)25-13(27)15(4-5-15)17(21,22)23/h2-3,6H,4-5,7-8H2,1H3,(H2,24,26)(H,25,27)/t14-/m1/s1. The van der Waals surface area contributed by atoms with Gasteiger partial charge in [-0.1, -0.05) is 0 Å². The van der Waals surface area contributed by atoms with E-state index in [-0.39, 0.29) is 31.0 Å². The second-order valence-electron chi connectivity index (χ2n) is 7.10. The molecule has 3 rings (SSSR count). The maximum absolute atomic E-state index is 14.6. The highest BCUT2D eigenvalue weighted by molar-refractivity contribution is 5.98. The summed E-state index contributed by atoms with van der Waals surface area (Å²) in [7, 11) is 0. The number of nitrogens with two attached hydrogens (primary N) is 1. The first-order chi connectivity index (χ1) is 12.8. The fourth-order valence-electron chi connectivity index (χ4n) is 3.07. The SMILES string of the molecule is C[C@]1(c2cc(NC(=O)C3(C(F)(F)F)CC3)ccc2F)N=C(N)COCC1(F)F. The molecule has 2 aliphatic rings. The molecule has 0 saturated heterocycles. The molecule has 28 heavy (non-hydrogen) atoms. The molecule has 0 unspecified atom stereocenters. The Morgan fingerprint density at radius 2 is 1.93 bits per heavy atom. The number of ether oxygens (including phenoxy) is 1. The van der Waals surface area contributed by atoms with E-state index in [1.54, 1.807) is 0 Å². The number of nitrogens with zero attached hydrogens (tertiary/aromatic N) is 1. The monoisotopic (exact) mass is 409 g/mol. The van der Waals surface area contributed by atoms with Crippen molar-refractivity contribution < 1.29 is 35.9 Å². The lowest BCUT2D eigenvalue weighted by atomic mass is 9.85. The van der Waals surface area contributed by atoms with Crippen LogP contribution in [0.4, 0.5) is 32.0 Å². The number of alkyl halides is 5. The highest BCUT2D eigenvalue weighted by Gasteiger charge is 2.68. The number of anilines is 1. The van der Waals surface area contributed by atoms with Crippen LogP contribution in [0.15, 0.2) is 23.2 Å². The molecule has 0 bridgehead atoms. The first-order valence-electron chi connectivity index (χ1n) is 8.30. The molecule has 5 nitrogen and oxygen atoms in total. The van der Waals surface area contributed by atoms with E-state index in [1.807, 2.05) is 5.32 Å². The molecule has 1 saturated carbocycles. The van der Waals surface area contributed by atoms with Gasteiger partial charge in [-0.2, -0.15) is 13.2 Å². The minimum Gasteiger partial charge on any atom is -0.385 e. The highest BCUT2D eigenvalue weighted by Crippen LogP contribution is 2.58. The summed E-state index contributed by atoms with van der Waals surface area (Å²) >= 11 is 0. The lowest BCUT2D eigenvalue weighted by Gasteiger charge is -2.33. The Hall–Kier alpha value is -2.30. The number of carbonyl (C=O) groups is 1. The van der Waals surface area contributed by atoms with E-state index in [1.165, 1.54) is 0 Å². The first kappa shape index (κ1) is 20.4. The Kier molecular flexibility index (Phi) is 4.64. The molecule has 154 valence electrons. The lowest BCUT2D eigenvalue weighted by molar-refractivity contribution is -0.189. The van der Waals surface area contributed by atoms with Gasteiger partial charge in [0.25, 0.3) is 5.92 Å². The molecule has 1 aromatic carbocycles. The number of amides is 1. The zero-order chi connectivity index (χ0) is 21.0. The molecular formula is C17H17F6N3O2. The Bertz CT molecular complexity index is 835. The van der Waals surface area contributed by atoms with Crippen molar-refractivity contribution in [3.05, 3.63) is 29.6 Å². The number of halogens is 6. The van der Waals surface area contributed by atoms with Gasteiger partial charge < -0.3 is 15.8 Å². The fourth-order valence-corrected chi connectivity index (χ4v) is 3.07. The topological polar surface area (TPSA) is 76.7 Å². The van der Waals surface area contributed by atoms with Crippen LogP contribution < -0.4 is 11.1 Å². The summed E-state index contributed by atoms with van der Waals surface area (Å²) < 4.78 is 87.6. The smallest absolute Gasteiger partial charge is 0.385 e. The van der Waals surface area contributed by atoms with E-state index >= 15 is 0 Å². The second-order valence-corrected chi connectivity index (χ2v) is 7.10. The summed E-state index contributed by atoms with van der Waals surface area (Å²) in [6.07, 6.45) is -5.48. The summed E-state index contributed by atoms with van der Waals surface area (Å²) in [4.78, 5) is 15.8. The van der Waals surface area contributed by atoms with Gasteiger partial charge in [-0.3, -0.25) is 9.79 Å². The predicted octanol–water partition coefficient (Wildman–Crippen LogP) is 3.34. The molecule has 0 aromatic heterocycles. The van der Waals surface area contributed by atoms with Gasteiger partial charge in [-0.25, -0.2) is 13.2 Å². The normalized spacial score (nSPS) is 26.2. The van der Waals surface area contributed by atoms with Crippen molar-refractivity contribution in [2.45, 2.75) is 37.4 Å². The molecule has 0 radical (unpaired) electrons. The van der Waals surface area contributed by atoms with Crippen LogP contribution in [0.25, 0.3) is 0 Å². The van der Waals surface area contributed by atoms with Crippen LogP contribution in [0.5, 0.6) is 0 Å². The van der Waals surface area contributed by atoms with Crippen molar-refractivity contribution in [3.63, 3.8) is 0 Å². The Morgan fingerprint density at radius 3 is 2.50 bits per heavy atom. The van der Waals surface area contributed by atoms with Crippen molar-refractivity contribution in [2.75, 3.05) is 18.5 Å². The van der Waals surface area contributed by atoms with E-state index in [4.69, 9.17) is 10.5 Å². The molecular weight excluding hydrogens is 392 g/mol. The number of benzene rings is 1. The Labute approximate surface area is 155 Å². The second kappa shape index (κ2) is 6.36. The molecule has 1 atom stereocenters. The van der Waals surface area contributed by atoms with Crippen LogP contribution in [-0.4, -0.2) is 37.1 Å². The van der Waals surface area contributed by atoms with E-state index in [2.05, 4.69) is 4.99 Å². The number of nitrogens with one attached hydrogen (secondary N) is 1. The molecule has 3 N–H and O–H groups in total. The molecule has 1 aliphatic heterocycles. The predicted molar refractivity (Wildman–Crippen MR) is 87.5 cm³/mol. The molecule has 1 amide bonds. The maximum atomic E-state index is 14.6. The third kappa shape index (κ3) is 3.21. The van der Waals surface area contributed by atoms with Crippen LogP contribution in [-0.2, 0) is 15.1 Å². The Balaban J connectivity index is 1.98. The van der Waals surface area contributed by atoms with Crippen LogP contribution in [0.3, 0.4) is 0 Å². The van der Waals surface area contributed by atoms with E-state index < -0.39 is 46.9 Å². The third-order valence-corrected chi connectivity index (χ3v) is 5.09. The fraction of sp³-hybridized carbons (Fsp3) is 0.529. The zero-order valence-corrected chi connectivity index (χ0v) is 14.7. The number of rotatable bonds is 3. The number of carbonyl (C=O) groups excluding carboxylic acids is 1. The van der Waals surface area contributed by atoms with Crippen LogP contribution >= 0.6 is 0 Å². The van der Waals surface area contributed by atoms with E-state index in [9.17, 15) is 31.1 Å². The van der Waals surface area contributed by atoms with Crippen molar-refractivity contribution in [3.8, 4) is 0 Å². The molecule has 1 fully saturated rings. The van der Waals surface area contributed by atoms with E-state index in [0.29, 0.717) is 0 Å². The average Bonchev–Trinajstić information content (AvgIpc) is 3.37. The number of aliphatic imine (C=N–C) groups is 1. The van der Waals surface area contributed by atoms with Gasteiger partial charge >= 0.3 is 6.18 Å². The third-order valence-electron chi connectivity index (χ3n) is 5.09. The lowest BCUT2D eigenvalue weighted by Crippen LogP contribution is -2.45. The number of hydrogen-bond donors (Lipinski definition) is 2. The van der Waals surface area contributed by atoms with Crippen molar-refractivity contribution >= 4 is 17.4 Å². The highest BCUT2D eigenvalue weighted by atomic mass is 19.4. The molecule has 1 heterocycles. The summed E-state index contributed by atoms with van der Waals surface area (Å²) in [5.41, 5.74) is -0.334. The maximum Gasteiger partial charge on any atom is 0.403 e. The van der Waals surface area contributed by atoms with Crippen LogP contribution in [0.1, 0.15) is 25.3 Å². The van der Waals surface area contributed by atoms with Gasteiger partial charge in [0, 0.05) is 11.3 Å². The van der Waals surface area contributed by atoms with Gasteiger partial charge in [0.15, 0.2) is 5.54 Å². The van der Waals surface area contributed by atoms with E-state index in [0.717, 1.165) is 25.1 Å². The van der Waals surface area contributed by atoms with Gasteiger partial charge in [0.05, 0.1) is 0 Å². The quantitative estimate of drug-likeness (QED) is 0.752. The van der Waals surface area contributed by atoms with Gasteiger partial charge in [-0.15, -0.1) is 0 Å². The van der Waals surface area contributed by atoms with Crippen LogP contribution in [0, 0.1) is 11.2 Å². The summed E-state index contributed by atoms with van der Waals surface area (Å²) in [6.45, 7) is -0.519. The number of amidine groups is 1. The first-order valence-corrected chi connectivity index (χ1v) is 8.30. The van der Waals surface area contributed by atoms with Crippen molar-refractivity contribution in [1.29, 1.82) is 0 Å². The summed E-state index contributed by atoms with van der Waals surface area (Å²) in [5, 5.41) is 2.05. The average molecular weight is 409 g/mol. The van der Waals surface area contributed by atoms with Crippen molar-refractivity contribution in [2.24, 2.45) is 16.1 Å².